The third kappa shape index (κ3) is 4.57. The molecule has 1 saturated heterocycles. The fourth-order valence-electron chi connectivity index (χ4n) is 4.38. The van der Waals surface area contributed by atoms with Crippen molar-refractivity contribution in [2.75, 3.05) is 43.0 Å². The molecule has 0 aliphatic carbocycles. The maximum atomic E-state index is 9.29. The minimum atomic E-state index is 0.176. The lowest BCUT2D eigenvalue weighted by atomic mass is 9.90. The summed E-state index contributed by atoms with van der Waals surface area (Å²) in [6.45, 7) is 6.19. The number of aromatic nitrogens is 1. The standard InChI is InChI=1S/C24H32N4O/c1-2-13-28(14-15-29)21-6-3-19(4-7-21)27-20-5-8-22-23(17-26-24(22)16-20)18-9-11-25-12-10-18/h3-8,16-18,25-27,29H,2,9-15H2,1H3. The van der Waals surface area contributed by atoms with E-state index in [0.717, 1.165) is 43.1 Å². The van der Waals surface area contributed by atoms with E-state index in [1.54, 1.807) is 0 Å². The van der Waals surface area contributed by atoms with Crippen LogP contribution in [0.3, 0.4) is 0 Å². The summed E-state index contributed by atoms with van der Waals surface area (Å²) in [5, 5.41) is 17.6. The zero-order valence-corrected chi connectivity index (χ0v) is 17.2. The molecule has 3 aromatic rings. The summed E-state index contributed by atoms with van der Waals surface area (Å²) in [4.78, 5) is 5.69. The van der Waals surface area contributed by atoms with Gasteiger partial charge in [0.15, 0.2) is 0 Å². The van der Waals surface area contributed by atoms with E-state index >= 15 is 0 Å². The average molecular weight is 393 g/mol. The molecule has 4 N–H and O–H groups in total. The fourth-order valence-corrected chi connectivity index (χ4v) is 4.38. The molecule has 1 fully saturated rings. The van der Waals surface area contributed by atoms with E-state index in [4.69, 9.17) is 0 Å². The first-order chi connectivity index (χ1) is 14.3. The summed E-state index contributed by atoms with van der Waals surface area (Å²) in [6.07, 6.45) is 5.69. The molecule has 0 saturated carbocycles. The third-order valence-electron chi connectivity index (χ3n) is 5.88. The van der Waals surface area contributed by atoms with Gasteiger partial charge in [-0.15, -0.1) is 0 Å². The number of nitrogens with one attached hydrogen (secondary N) is 3. The number of anilines is 3. The number of rotatable bonds is 8. The molecule has 0 amide bonds. The Morgan fingerprint density at radius 2 is 1.79 bits per heavy atom. The Labute approximate surface area is 173 Å². The van der Waals surface area contributed by atoms with Crippen LogP contribution in [0.5, 0.6) is 0 Å². The van der Waals surface area contributed by atoms with Gasteiger partial charge in [0, 0.05) is 47.3 Å². The Hall–Kier alpha value is -2.50. The number of H-pyrrole nitrogens is 1. The highest BCUT2D eigenvalue weighted by Crippen LogP contribution is 2.33. The number of aromatic amines is 1. The summed E-state index contributed by atoms with van der Waals surface area (Å²) in [7, 11) is 0. The van der Waals surface area contributed by atoms with E-state index in [1.807, 2.05) is 0 Å². The SMILES string of the molecule is CCCN(CCO)c1ccc(Nc2ccc3c(C4CCNCC4)c[nH]c3c2)cc1. The van der Waals surface area contributed by atoms with Crippen LogP contribution < -0.4 is 15.5 Å². The highest BCUT2D eigenvalue weighted by Gasteiger charge is 2.18. The van der Waals surface area contributed by atoms with Gasteiger partial charge in [-0.25, -0.2) is 0 Å². The quantitative estimate of drug-likeness (QED) is 0.453. The molecular weight excluding hydrogens is 360 g/mol. The van der Waals surface area contributed by atoms with Crippen molar-refractivity contribution < 1.29 is 5.11 Å². The average Bonchev–Trinajstić information content (AvgIpc) is 3.18. The number of nitrogens with zero attached hydrogens (tertiary/aromatic N) is 1. The first-order valence-electron chi connectivity index (χ1n) is 10.8. The molecule has 0 atom stereocenters. The molecule has 2 aromatic carbocycles. The molecule has 5 nitrogen and oxygen atoms in total. The van der Waals surface area contributed by atoms with Gasteiger partial charge in [-0.05, 0) is 80.2 Å². The van der Waals surface area contributed by atoms with Crippen LogP contribution >= 0.6 is 0 Å². The lowest BCUT2D eigenvalue weighted by Crippen LogP contribution is -2.27. The first kappa shape index (κ1) is 19.8. The van der Waals surface area contributed by atoms with Crippen molar-refractivity contribution in [2.45, 2.75) is 32.1 Å². The molecule has 1 aromatic heterocycles. The second kappa shape index (κ2) is 9.33. The van der Waals surface area contributed by atoms with Crippen LogP contribution in [0.15, 0.2) is 48.7 Å². The maximum Gasteiger partial charge on any atom is 0.0606 e. The van der Waals surface area contributed by atoms with Crippen molar-refractivity contribution in [2.24, 2.45) is 0 Å². The van der Waals surface area contributed by atoms with E-state index in [0.29, 0.717) is 12.5 Å². The predicted molar refractivity (Wildman–Crippen MR) is 122 cm³/mol. The summed E-state index contributed by atoms with van der Waals surface area (Å²) >= 11 is 0. The van der Waals surface area contributed by atoms with Crippen LogP contribution in [0.25, 0.3) is 10.9 Å². The van der Waals surface area contributed by atoms with Crippen molar-refractivity contribution in [3.8, 4) is 0 Å². The van der Waals surface area contributed by atoms with Crippen LogP contribution in [0, 0.1) is 0 Å². The molecule has 0 radical (unpaired) electrons. The molecule has 0 spiro atoms. The number of benzene rings is 2. The molecule has 0 unspecified atom stereocenters. The topological polar surface area (TPSA) is 63.3 Å². The van der Waals surface area contributed by atoms with Gasteiger partial charge in [0.05, 0.1) is 6.61 Å². The fraction of sp³-hybridized carbons (Fsp3) is 0.417. The van der Waals surface area contributed by atoms with Crippen LogP contribution in [0.4, 0.5) is 17.1 Å². The van der Waals surface area contributed by atoms with Gasteiger partial charge in [0.1, 0.15) is 0 Å². The lowest BCUT2D eigenvalue weighted by molar-refractivity contribution is 0.302. The summed E-state index contributed by atoms with van der Waals surface area (Å²) < 4.78 is 0. The van der Waals surface area contributed by atoms with Gasteiger partial charge in [-0.3, -0.25) is 0 Å². The van der Waals surface area contributed by atoms with Crippen molar-refractivity contribution in [3.63, 3.8) is 0 Å². The zero-order valence-electron chi connectivity index (χ0n) is 17.2. The summed E-state index contributed by atoms with van der Waals surface area (Å²) in [6, 6.07) is 15.1. The van der Waals surface area contributed by atoms with Crippen molar-refractivity contribution in [3.05, 3.63) is 54.2 Å². The van der Waals surface area contributed by atoms with E-state index in [1.165, 1.54) is 29.3 Å². The highest BCUT2D eigenvalue weighted by atomic mass is 16.3. The van der Waals surface area contributed by atoms with Gasteiger partial charge < -0.3 is 25.6 Å². The lowest BCUT2D eigenvalue weighted by Gasteiger charge is -2.23. The van der Waals surface area contributed by atoms with Gasteiger partial charge >= 0.3 is 0 Å². The number of aliphatic hydroxyl groups excluding tert-OH is 1. The van der Waals surface area contributed by atoms with Crippen molar-refractivity contribution >= 4 is 28.0 Å². The molecule has 5 heteroatoms. The summed E-state index contributed by atoms with van der Waals surface area (Å²) in [5.41, 5.74) is 5.95. The smallest absolute Gasteiger partial charge is 0.0606 e. The Morgan fingerprint density at radius 3 is 2.52 bits per heavy atom. The largest absolute Gasteiger partial charge is 0.395 e. The monoisotopic (exact) mass is 392 g/mol. The van der Waals surface area contributed by atoms with E-state index in [9.17, 15) is 5.11 Å². The molecule has 1 aliphatic rings. The molecule has 4 rings (SSSR count). The Bertz CT molecular complexity index is 906. The van der Waals surface area contributed by atoms with Crippen molar-refractivity contribution in [1.82, 2.24) is 10.3 Å². The second-order valence-electron chi connectivity index (χ2n) is 7.91. The van der Waals surface area contributed by atoms with E-state index in [2.05, 4.69) is 76.1 Å². The minimum absolute atomic E-state index is 0.176. The Balaban J connectivity index is 1.47. The number of hydrogen-bond donors (Lipinski definition) is 4. The first-order valence-corrected chi connectivity index (χ1v) is 10.8. The van der Waals surface area contributed by atoms with Gasteiger partial charge in [-0.2, -0.15) is 0 Å². The van der Waals surface area contributed by atoms with E-state index in [-0.39, 0.29) is 6.61 Å². The van der Waals surface area contributed by atoms with Crippen LogP contribution in [-0.4, -0.2) is 42.9 Å². The predicted octanol–water partition coefficient (Wildman–Crippen LogP) is 4.59. The molecule has 0 bridgehead atoms. The maximum absolute atomic E-state index is 9.29. The molecule has 29 heavy (non-hydrogen) atoms. The van der Waals surface area contributed by atoms with Gasteiger partial charge in [-0.1, -0.05) is 13.0 Å². The molecule has 2 heterocycles. The molecule has 154 valence electrons. The number of piperidine rings is 1. The Morgan fingerprint density at radius 1 is 1.03 bits per heavy atom. The van der Waals surface area contributed by atoms with Crippen molar-refractivity contribution in [1.29, 1.82) is 0 Å². The van der Waals surface area contributed by atoms with Crippen LogP contribution in [0.1, 0.15) is 37.7 Å². The third-order valence-corrected chi connectivity index (χ3v) is 5.88. The van der Waals surface area contributed by atoms with E-state index < -0.39 is 0 Å². The number of fused-ring (bicyclic) bond motifs is 1. The zero-order chi connectivity index (χ0) is 20.1. The normalized spacial score (nSPS) is 15.0. The second-order valence-corrected chi connectivity index (χ2v) is 7.91. The summed E-state index contributed by atoms with van der Waals surface area (Å²) in [5.74, 6) is 0.654. The Kier molecular flexibility index (Phi) is 6.37. The van der Waals surface area contributed by atoms with Gasteiger partial charge in [0.25, 0.3) is 0 Å². The molecule has 1 aliphatic heterocycles. The number of hydrogen-bond acceptors (Lipinski definition) is 4. The number of aliphatic hydroxyl groups is 1. The van der Waals surface area contributed by atoms with Crippen LogP contribution in [0.2, 0.25) is 0 Å². The molecular formula is C24H32N4O. The highest BCUT2D eigenvalue weighted by molar-refractivity contribution is 5.87. The minimum Gasteiger partial charge on any atom is -0.395 e. The van der Waals surface area contributed by atoms with Gasteiger partial charge in [0.2, 0.25) is 0 Å². The van der Waals surface area contributed by atoms with Crippen LogP contribution in [-0.2, 0) is 0 Å².